The standard InChI is InChI=1S/C22H26BrNO3/c1-15(2)10-11-26-21-9-8-17(12-20(21)23)22(25)24-18-6-5-7-19(13-18)27-14-16(3)4/h5-9,12-13,15H,3,10-11,14H2,1-2,4H3,(H,24,25). The molecule has 0 atom stereocenters. The first-order valence-electron chi connectivity index (χ1n) is 8.96. The highest BCUT2D eigenvalue weighted by molar-refractivity contribution is 9.10. The van der Waals surface area contributed by atoms with Crippen LogP contribution in [0.25, 0.3) is 0 Å². The monoisotopic (exact) mass is 431 g/mol. The quantitative estimate of drug-likeness (QED) is 0.489. The van der Waals surface area contributed by atoms with Crippen molar-refractivity contribution in [3.8, 4) is 11.5 Å². The van der Waals surface area contributed by atoms with Crippen LogP contribution in [0.4, 0.5) is 5.69 Å². The van der Waals surface area contributed by atoms with E-state index in [2.05, 4.69) is 41.7 Å². The van der Waals surface area contributed by atoms with Crippen LogP contribution in [0.1, 0.15) is 37.6 Å². The SMILES string of the molecule is C=C(C)COc1cccc(NC(=O)c2ccc(OCCC(C)C)c(Br)c2)c1. The molecular weight excluding hydrogens is 406 g/mol. The number of amides is 1. The molecule has 0 aliphatic heterocycles. The van der Waals surface area contributed by atoms with Gasteiger partial charge in [-0.25, -0.2) is 0 Å². The molecule has 0 aliphatic carbocycles. The van der Waals surface area contributed by atoms with Gasteiger partial charge in [0.2, 0.25) is 0 Å². The lowest BCUT2D eigenvalue weighted by Crippen LogP contribution is -2.12. The number of rotatable bonds is 9. The molecule has 144 valence electrons. The summed E-state index contributed by atoms with van der Waals surface area (Å²) in [6, 6.07) is 12.6. The minimum atomic E-state index is -0.193. The van der Waals surface area contributed by atoms with Gasteiger partial charge in [0, 0.05) is 17.3 Å². The third-order valence-corrected chi connectivity index (χ3v) is 4.34. The van der Waals surface area contributed by atoms with E-state index < -0.39 is 0 Å². The second kappa shape index (κ2) is 10.2. The molecule has 0 fully saturated rings. The van der Waals surface area contributed by atoms with Crippen LogP contribution in [-0.2, 0) is 0 Å². The molecule has 27 heavy (non-hydrogen) atoms. The van der Waals surface area contributed by atoms with Crippen molar-refractivity contribution in [1.82, 2.24) is 0 Å². The number of nitrogens with one attached hydrogen (secondary N) is 1. The number of benzene rings is 2. The van der Waals surface area contributed by atoms with Gasteiger partial charge in [0.15, 0.2) is 0 Å². The summed E-state index contributed by atoms with van der Waals surface area (Å²) >= 11 is 3.48. The molecule has 2 aromatic rings. The Kier molecular flexibility index (Phi) is 7.92. The molecule has 0 spiro atoms. The van der Waals surface area contributed by atoms with E-state index in [1.54, 1.807) is 18.2 Å². The normalized spacial score (nSPS) is 10.6. The van der Waals surface area contributed by atoms with Gasteiger partial charge in [-0.3, -0.25) is 4.79 Å². The van der Waals surface area contributed by atoms with E-state index in [4.69, 9.17) is 9.47 Å². The van der Waals surface area contributed by atoms with Crippen molar-refractivity contribution in [1.29, 1.82) is 0 Å². The molecule has 2 rings (SSSR count). The van der Waals surface area contributed by atoms with E-state index in [0.29, 0.717) is 36.1 Å². The molecule has 0 saturated carbocycles. The summed E-state index contributed by atoms with van der Waals surface area (Å²) in [7, 11) is 0. The largest absolute Gasteiger partial charge is 0.492 e. The average Bonchev–Trinajstić information content (AvgIpc) is 2.61. The molecule has 0 bridgehead atoms. The summed E-state index contributed by atoms with van der Waals surface area (Å²) in [6.07, 6.45) is 0.985. The first-order chi connectivity index (χ1) is 12.8. The lowest BCUT2D eigenvalue weighted by atomic mass is 10.1. The lowest BCUT2D eigenvalue weighted by molar-refractivity contribution is 0.102. The average molecular weight is 432 g/mol. The summed E-state index contributed by atoms with van der Waals surface area (Å²) in [6.45, 7) is 11.1. The maximum atomic E-state index is 12.5. The zero-order valence-electron chi connectivity index (χ0n) is 16.0. The van der Waals surface area contributed by atoms with Gasteiger partial charge in [-0.1, -0.05) is 26.5 Å². The van der Waals surface area contributed by atoms with E-state index in [9.17, 15) is 4.79 Å². The van der Waals surface area contributed by atoms with Crippen LogP contribution in [0.5, 0.6) is 11.5 Å². The van der Waals surface area contributed by atoms with Crippen molar-refractivity contribution in [3.63, 3.8) is 0 Å². The van der Waals surface area contributed by atoms with E-state index >= 15 is 0 Å². The Labute approximate surface area is 169 Å². The predicted octanol–water partition coefficient (Wildman–Crippen LogP) is 6.08. The maximum absolute atomic E-state index is 12.5. The molecule has 0 radical (unpaired) electrons. The molecule has 2 aromatic carbocycles. The number of carbonyl (C=O) groups excluding carboxylic acids is 1. The number of hydrogen-bond acceptors (Lipinski definition) is 3. The van der Waals surface area contributed by atoms with E-state index in [1.165, 1.54) is 0 Å². The molecule has 0 heterocycles. The zero-order valence-corrected chi connectivity index (χ0v) is 17.6. The van der Waals surface area contributed by atoms with Crippen molar-refractivity contribution >= 4 is 27.5 Å². The number of halogens is 1. The van der Waals surface area contributed by atoms with Crippen molar-refractivity contribution in [2.75, 3.05) is 18.5 Å². The van der Waals surface area contributed by atoms with Crippen LogP contribution in [0.2, 0.25) is 0 Å². The van der Waals surface area contributed by atoms with Gasteiger partial charge in [-0.2, -0.15) is 0 Å². The van der Waals surface area contributed by atoms with Crippen LogP contribution in [0.3, 0.4) is 0 Å². The van der Waals surface area contributed by atoms with Gasteiger partial charge in [0.05, 0.1) is 11.1 Å². The van der Waals surface area contributed by atoms with Crippen LogP contribution < -0.4 is 14.8 Å². The number of ether oxygens (including phenoxy) is 2. The third kappa shape index (κ3) is 7.10. The van der Waals surface area contributed by atoms with Crippen molar-refractivity contribution in [2.45, 2.75) is 27.2 Å². The van der Waals surface area contributed by atoms with Crippen molar-refractivity contribution in [3.05, 3.63) is 64.7 Å². The van der Waals surface area contributed by atoms with Crippen molar-refractivity contribution in [2.24, 2.45) is 5.92 Å². The predicted molar refractivity (Wildman–Crippen MR) is 114 cm³/mol. The second-order valence-electron chi connectivity index (χ2n) is 6.90. The minimum absolute atomic E-state index is 0.193. The highest BCUT2D eigenvalue weighted by atomic mass is 79.9. The van der Waals surface area contributed by atoms with Gasteiger partial charge in [0.1, 0.15) is 18.1 Å². The molecule has 0 aliphatic rings. The Balaban J connectivity index is 2.00. The summed E-state index contributed by atoms with van der Waals surface area (Å²) in [5.41, 5.74) is 2.16. The second-order valence-corrected chi connectivity index (χ2v) is 7.76. The van der Waals surface area contributed by atoms with Gasteiger partial charge in [-0.05, 0) is 71.1 Å². The highest BCUT2D eigenvalue weighted by Crippen LogP contribution is 2.27. The Morgan fingerprint density at radius 1 is 1.19 bits per heavy atom. The maximum Gasteiger partial charge on any atom is 0.255 e. The zero-order chi connectivity index (χ0) is 19.8. The van der Waals surface area contributed by atoms with Crippen molar-refractivity contribution < 1.29 is 14.3 Å². The van der Waals surface area contributed by atoms with E-state index in [1.807, 2.05) is 31.2 Å². The third-order valence-electron chi connectivity index (χ3n) is 3.72. The van der Waals surface area contributed by atoms with Gasteiger partial charge in [-0.15, -0.1) is 0 Å². The highest BCUT2D eigenvalue weighted by Gasteiger charge is 2.10. The fraction of sp³-hybridized carbons (Fsp3) is 0.318. The smallest absolute Gasteiger partial charge is 0.255 e. The molecule has 0 unspecified atom stereocenters. The number of hydrogen-bond donors (Lipinski definition) is 1. The molecule has 0 aromatic heterocycles. The molecule has 5 heteroatoms. The first kappa shape index (κ1) is 21.0. The Morgan fingerprint density at radius 2 is 1.96 bits per heavy atom. The molecular formula is C22H26BrNO3. The van der Waals surface area contributed by atoms with E-state index in [0.717, 1.165) is 22.2 Å². The molecule has 4 nitrogen and oxygen atoms in total. The minimum Gasteiger partial charge on any atom is -0.492 e. The summed E-state index contributed by atoms with van der Waals surface area (Å²) in [4.78, 5) is 12.5. The summed E-state index contributed by atoms with van der Waals surface area (Å²) in [5, 5.41) is 2.89. The van der Waals surface area contributed by atoms with Crippen LogP contribution in [-0.4, -0.2) is 19.1 Å². The molecule has 0 saturated heterocycles. The Bertz CT molecular complexity index is 802. The Morgan fingerprint density at radius 3 is 2.63 bits per heavy atom. The van der Waals surface area contributed by atoms with Crippen LogP contribution >= 0.6 is 15.9 Å². The fourth-order valence-corrected chi connectivity index (χ4v) is 2.73. The topological polar surface area (TPSA) is 47.6 Å². The number of carbonyl (C=O) groups is 1. The van der Waals surface area contributed by atoms with E-state index in [-0.39, 0.29) is 5.91 Å². The van der Waals surface area contributed by atoms with Crippen LogP contribution in [0.15, 0.2) is 59.1 Å². The molecule has 1 N–H and O–H groups in total. The first-order valence-corrected chi connectivity index (χ1v) is 9.75. The lowest BCUT2D eigenvalue weighted by Gasteiger charge is -2.12. The van der Waals surface area contributed by atoms with Gasteiger partial charge < -0.3 is 14.8 Å². The molecule has 1 amide bonds. The van der Waals surface area contributed by atoms with Crippen LogP contribution in [0, 0.1) is 5.92 Å². The summed E-state index contributed by atoms with van der Waals surface area (Å²) < 4.78 is 12.1. The fourth-order valence-electron chi connectivity index (χ4n) is 2.24. The van der Waals surface area contributed by atoms with Gasteiger partial charge >= 0.3 is 0 Å². The summed E-state index contributed by atoms with van der Waals surface area (Å²) in [5.74, 6) is 1.82. The number of anilines is 1. The Hall–Kier alpha value is -2.27. The van der Waals surface area contributed by atoms with Gasteiger partial charge in [0.25, 0.3) is 5.91 Å².